The molecule has 0 aromatic heterocycles. The van der Waals surface area contributed by atoms with Crippen molar-refractivity contribution in [2.45, 2.75) is 161 Å². The molecule has 0 bridgehead atoms. The second-order valence-corrected chi connectivity index (χ2v) is 8.90. The number of hydrogen-bond acceptors (Lipinski definition) is 2. The number of carboxylic acids is 1. The quantitative estimate of drug-likeness (QED) is 0.155. The van der Waals surface area contributed by atoms with Gasteiger partial charge in [-0.1, -0.05) is 148 Å². The van der Waals surface area contributed by atoms with Crippen LogP contribution in [0, 0.1) is 0 Å². The smallest absolute Gasteiger partial charge is 0.0414 e. The van der Waals surface area contributed by atoms with E-state index in [1.165, 1.54) is 135 Å². The van der Waals surface area contributed by atoms with Crippen LogP contribution < -0.4 is 5.11 Å². The molecule has 0 aromatic rings. The van der Waals surface area contributed by atoms with Crippen molar-refractivity contribution < 1.29 is 9.90 Å². The third kappa shape index (κ3) is 25.5. The lowest BCUT2D eigenvalue weighted by molar-refractivity contribution is -0.305. The number of rotatable bonds is 24. The molecule has 0 unspecified atom stereocenters. The van der Waals surface area contributed by atoms with E-state index in [1.54, 1.807) is 0 Å². The van der Waals surface area contributed by atoms with Gasteiger partial charge in [-0.15, -0.1) is 0 Å². The summed E-state index contributed by atoms with van der Waals surface area (Å²) in [6.07, 6.45) is 31.7. The average Bonchev–Trinajstić information content (AvgIpc) is 2.68. The Hall–Kier alpha value is -0.530. The molecule has 2 nitrogen and oxygen atoms in total. The van der Waals surface area contributed by atoms with Crippen LogP contribution in [0.15, 0.2) is 0 Å². The van der Waals surface area contributed by atoms with Crippen molar-refractivity contribution in [3.63, 3.8) is 0 Å². The van der Waals surface area contributed by atoms with Crippen LogP contribution in [0.1, 0.15) is 161 Å². The Bertz CT molecular complexity index is 301. The summed E-state index contributed by atoms with van der Waals surface area (Å²) in [4.78, 5) is 10.3. The van der Waals surface area contributed by atoms with Crippen LogP contribution in [0.5, 0.6) is 0 Å². The maximum absolute atomic E-state index is 10.3. The lowest BCUT2D eigenvalue weighted by Crippen LogP contribution is -2.21. The summed E-state index contributed by atoms with van der Waals surface area (Å²) in [6, 6.07) is 0. The molecule has 0 saturated carbocycles. The van der Waals surface area contributed by atoms with Crippen molar-refractivity contribution in [3.05, 3.63) is 0 Å². The molecule has 0 N–H and O–H groups in total. The maximum Gasteiger partial charge on any atom is 0.0414 e. The third-order valence-electron chi connectivity index (χ3n) is 5.98. The zero-order valence-electron chi connectivity index (χ0n) is 19.3. The largest absolute Gasteiger partial charge is 0.550 e. The van der Waals surface area contributed by atoms with Crippen LogP contribution in [-0.2, 0) is 4.79 Å². The molecule has 168 valence electrons. The molecular weight excluding hydrogens is 344 g/mol. The molecule has 0 aliphatic carbocycles. The van der Waals surface area contributed by atoms with Crippen molar-refractivity contribution in [1.82, 2.24) is 0 Å². The van der Waals surface area contributed by atoms with Crippen LogP contribution in [0.2, 0.25) is 0 Å². The number of unbranched alkanes of at least 4 members (excludes halogenated alkanes) is 22. The normalized spacial score (nSPS) is 11.2. The van der Waals surface area contributed by atoms with Gasteiger partial charge in [0.05, 0.1) is 0 Å². The van der Waals surface area contributed by atoms with Gasteiger partial charge in [0.25, 0.3) is 0 Å². The summed E-state index contributed by atoms with van der Waals surface area (Å²) in [5.41, 5.74) is 0. The van der Waals surface area contributed by atoms with Crippen LogP contribution >= 0.6 is 0 Å². The van der Waals surface area contributed by atoms with E-state index < -0.39 is 5.97 Å². The highest BCUT2D eigenvalue weighted by atomic mass is 16.4. The van der Waals surface area contributed by atoms with E-state index in [9.17, 15) is 9.90 Å². The highest BCUT2D eigenvalue weighted by Crippen LogP contribution is 2.15. The molecule has 0 radical (unpaired) electrons. The molecule has 0 spiro atoms. The molecule has 0 aliphatic rings. The fraction of sp³-hybridized carbons (Fsp3) is 0.962. The van der Waals surface area contributed by atoms with Crippen LogP contribution in [0.3, 0.4) is 0 Å². The SMILES string of the molecule is CCCCCCCCCCCCCCCCCCCCCCCCCC(=O)[O-]. The molecular formula is C26H51O2-. The van der Waals surface area contributed by atoms with Crippen LogP contribution in [-0.4, -0.2) is 5.97 Å². The lowest BCUT2D eigenvalue weighted by atomic mass is 10.0. The molecule has 0 aliphatic heterocycles. The van der Waals surface area contributed by atoms with Gasteiger partial charge in [0.2, 0.25) is 0 Å². The lowest BCUT2D eigenvalue weighted by Gasteiger charge is -2.04. The molecule has 0 fully saturated rings. The Morgan fingerprint density at radius 1 is 0.429 bits per heavy atom. The van der Waals surface area contributed by atoms with Gasteiger partial charge in [0.15, 0.2) is 0 Å². The molecule has 0 saturated heterocycles. The standard InChI is InChI=1S/C26H52O2/c1-2-3-4-5-6-7-8-9-10-11-12-13-14-15-16-17-18-19-20-21-22-23-24-25-26(27)28/h2-25H2,1H3,(H,27,28)/p-1. The fourth-order valence-corrected chi connectivity index (χ4v) is 4.05. The van der Waals surface area contributed by atoms with Gasteiger partial charge < -0.3 is 9.90 Å². The molecule has 0 heterocycles. The molecule has 2 heteroatoms. The average molecular weight is 396 g/mol. The van der Waals surface area contributed by atoms with Crippen LogP contribution in [0.25, 0.3) is 0 Å². The van der Waals surface area contributed by atoms with E-state index in [-0.39, 0.29) is 6.42 Å². The summed E-state index contributed by atoms with van der Waals surface area (Å²) in [7, 11) is 0. The molecule has 0 rings (SSSR count). The van der Waals surface area contributed by atoms with Crippen molar-refractivity contribution in [2.24, 2.45) is 0 Å². The number of carboxylic acid groups (broad SMARTS) is 1. The minimum absolute atomic E-state index is 0.235. The molecule has 28 heavy (non-hydrogen) atoms. The monoisotopic (exact) mass is 395 g/mol. The molecule has 0 atom stereocenters. The number of hydrogen-bond donors (Lipinski definition) is 0. The number of carbonyl (C=O) groups excluding carboxylic acids is 1. The van der Waals surface area contributed by atoms with Gasteiger partial charge >= 0.3 is 0 Å². The first-order valence-corrected chi connectivity index (χ1v) is 13.0. The Morgan fingerprint density at radius 3 is 0.857 bits per heavy atom. The zero-order chi connectivity index (χ0) is 20.5. The summed E-state index contributed by atoms with van der Waals surface area (Å²) in [5.74, 6) is -0.900. The van der Waals surface area contributed by atoms with Crippen molar-refractivity contribution in [3.8, 4) is 0 Å². The Labute approximate surface area is 177 Å². The summed E-state index contributed by atoms with van der Waals surface area (Å²) in [5, 5.41) is 10.3. The highest BCUT2D eigenvalue weighted by molar-refractivity contribution is 5.63. The Balaban J connectivity index is 2.99. The van der Waals surface area contributed by atoms with Gasteiger partial charge in [-0.3, -0.25) is 0 Å². The van der Waals surface area contributed by atoms with Crippen molar-refractivity contribution >= 4 is 5.97 Å². The second kappa shape index (κ2) is 24.5. The Morgan fingerprint density at radius 2 is 0.643 bits per heavy atom. The van der Waals surface area contributed by atoms with Gasteiger partial charge in [0.1, 0.15) is 0 Å². The van der Waals surface area contributed by atoms with E-state index in [0.29, 0.717) is 0 Å². The van der Waals surface area contributed by atoms with Gasteiger partial charge in [-0.2, -0.15) is 0 Å². The van der Waals surface area contributed by atoms with E-state index in [4.69, 9.17) is 0 Å². The first kappa shape index (κ1) is 27.5. The first-order valence-electron chi connectivity index (χ1n) is 13.0. The summed E-state index contributed by atoms with van der Waals surface area (Å²) < 4.78 is 0. The first-order chi connectivity index (χ1) is 13.8. The van der Waals surface area contributed by atoms with Gasteiger partial charge in [0, 0.05) is 5.97 Å². The highest BCUT2D eigenvalue weighted by Gasteiger charge is 1.96. The maximum atomic E-state index is 10.3. The summed E-state index contributed by atoms with van der Waals surface area (Å²) >= 11 is 0. The third-order valence-corrected chi connectivity index (χ3v) is 5.98. The van der Waals surface area contributed by atoms with Crippen molar-refractivity contribution in [2.75, 3.05) is 0 Å². The van der Waals surface area contributed by atoms with Gasteiger partial charge in [-0.25, -0.2) is 0 Å². The van der Waals surface area contributed by atoms with E-state index in [2.05, 4.69) is 6.92 Å². The number of aliphatic carboxylic acids is 1. The van der Waals surface area contributed by atoms with Crippen LogP contribution in [0.4, 0.5) is 0 Å². The summed E-state index contributed by atoms with van der Waals surface area (Å²) in [6.45, 7) is 2.29. The minimum atomic E-state index is -0.900. The van der Waals surface area contributed by atoms with Crippen molar-refractivity contribution in [1.29, 1.82) is 0 Å². The minimum Gasteiger partial charge on any atom is -0.550 e. The predicted octanol–water partition coefficient (Wildman–Crippen LogP) is 8.12. The fourth-order valence-electron chi connectivity index (χ4n) is 4.05. The second-order valence-electron chi connectivity index (χ2n) is 8.90. The molecule has 0 aromatic carbocycles. The predicted molar refractivity (Wildman–Crippen MR) is 121 cm³/mol. The number of carbonyl (C=O) groups is 1. The van der Waals surface area contributed by atoms with E-state index in [1.807, 2.05) is 0 Å². The van der Waals surface area contributed by atoms with Gasteiger partial charge in [-0.05, 0) is 12.8 Å². The topological polar surface area (TPSA) is 40.1 Å². The molecule has 0 amide bonds. The Kier molecular flexibility index (Phi) is 24.0. The zero-order valence-corrected chi connectivity index (χ0v) is 19.3. The van der Waals surface area contributed by atoms with E-state index >= 15 is 0 Å². The van der Waals surface area contributed by atoms with E-state index in [0.717, 1.165) is 12.8 Å².